The van der Waals surface area contributed by atoms with Crippen molar-refractivity contribution in [3.63, 3.8) is 0 Å². The monoisotopic (exact) mass is 402 g/mol. The van der Waals surface area contributed by atoms with Crippen LogP contribution in [-0.2, 0) is 16.1 Å². The number of aryl methyl sites for hydroxylation is 1. The molecule has 1 unspecified atom stereocenters. The van der Waals surface area contributed by atoms with Crippen molar-refractivity contribution in [1.82, 2.24) is 9.88 Å². The molecule has 4 rings (SSSR count). The van der Waals surface area contributed by atoms with Crippen molar-refractivity contribution in [2.75, 3.05) is 0 Å². The molecule has 1 saturated heterocycles. The van der Waals surface area contributed by atoms with Crippen molar-refractivity contribution in [1.29, 1.82) is 0 Å². The number of carbonyl (C=O) groups excluding carboxylic acids is 2. The SMILES string of the molecule is Cc1cc(/C(O)=C2/C(=O)C(=O)N(Cc3cccnc3)C2c2ccccc2)ccc1F. The maximum atomic E-state index is 13.7. The summed E-state index contributed by atoms with van der Waals surface area (Å²) in [5.74, 6) is -2.21. The van der Waals surface area contributed by atoms with Gasteiger partial charge in [-0.05, 0) is 47.9 Å². The van der Waals surface area contributed by atoms with Crippen LogP contribution in [0.4, 0.5) is 4.39 Å². The van der Waals surface area contributed by atoms with E-state index in [1.54, 1.807) is 37.5 Å². The highest BCUT2D eigenvalue weighted by Gasteiger charge is 2.46. The molecule has 2 heterocycles. The number of aliphatic hydroxyl groups excluding tert-OH is 1. The fraction of sp³-hybridized carbons (Fsp3) is 0.125. The van der Waals surface area contributed by atoms with Gasteiger partial charge in [0.1, 0.15) is 11.6 Å². The maximum Gasteiger partial charge on any atom is 0.295 e. The first kappa shape index (κ1) is 19.5. The molecule has 1 fully saturated rings. The van der Waals surface area contributed by atoms with Crippen molar-refractivity contribution < 1.29 is 19.1 Å². The van der Waals surface area contributed by atoms with Gasteiger partial charge in [0, 0.05) is 24.5 Å². The second-order valence-electron chi connectivity index (χ2n) is 7.16. The van der Waals surface area contributed by atoms with Gasteiger partial charge in [-0.2, -0.15) is 0 Å². The van der Waals surface area contributed by atoms with Gasteiger partial charge in [-0.1, -0.05) is 36.4 Å². The lowest BCUT2D eigenvalue weighted by Gasteiger charge is -2.25. The van der Waals surface area contributed by atoms with Crippen molar-refractivity contribution in [3.8, 4) is 0 Å². The average Bonchev–Trinajstić information content (AvgIpc) is 3.01. The number of amides is 1. The van der Waals surface area contributed by atoms with Crippen LogP contribution in [0.5, 0.6) is 0 Å². The maximum absolute atomic E-state index is 13.7. The molecule has 0 bridgehead atoms. The van der Waals surface area contributed by atoms with E-state index in [-0.39, 0.29) is 23.4 Å². The predicted molar refractivity (Wildman–Crippen MR) is 110 cm³/mol. The fourth-order valence-corrected chi connectivity index (χ4v) is 3.66. The van der Waals surface area contributed by atoms with E-state index in [0.29, 0.717) is 11.1 Å². The summed E-state index contributed by atoms with van der Waals surface area (Å²) in [6.45, 7) is 1.74. The number of ketones is 1. The van der Waals surface area contributed by atoms with Crippen molar-refractivity contribution >= 4 is 17.4 Å². The first-order valence-corrected chi connectivity index (χ1v) is 9.46. The van der Waals surface area contributed by atoms with Crippen LogP contribution in [0.25, 0.3) is 5.76 Å². The minimum atomic E-state index is -0.771. The number of Topliss-reactive ketones (excluding diaryl/α,β-unsaturated/α-hetero) is 1. The number of rotatable bonds is 4. The lowest BCUT2D eigenvalue weighted by Crippen LogP contribution is -2.29. The summed E-state index contributed by atoms with van der Waals surface area (Å²) in [4.78, 5) is 31.4. The number of halogens is 1. The number of aromatic nitrogens is 1. The molecule has 1 aliphatic heterocycles. The lowest BCUT2D eigenvalue weighted by atomic mass is 9.95. The van der Waals surface area contributed by atoms with Gasteiger partial charge in [-0.25, -0.2) is 4.39 Å². The highest BCUT2D eigenvalue weighted by Crippen LogP contribution is 2.40. The summed E-state index contributed by atoms with van der Waals surface area (Å²) < 4.78 is 13.7. The van der Waals surface area contributed by atoms with E-state index in [1.165, 1.54) is 23.1 Å². The van der Waals surface area contributed by atoms with Crippen LogP contribution in [-0.4, -0.2) is 26.7 Å². The predicted octanol–water partition coefficient (Wildman–Crippen LogP) is 4.15. The quantitative estimate of drug-likeness (QED) is 0.404. The molecular formula is C24H19FN2O3. The van der Waals surface area contributed by atoms with E-state index in [0.717, 1.165) is 5.56 Å². The molecule has 0 aliphatic carbocycles. The van der Waals surface area contributed by atoms with E-state index in [4.69, 9.17) is 0 Å². The van der Waals surface area contributed by atoms with Gasteiger partial charge in [0.2, 0.25) is 0 Å². The Kier molecular flexibility index (Phi) is 5.14. The number of pyridine rings is 1. The average molecular weight is 402 g/mol. The summed E-state index contributed by atoms with van der Waals surface area (Å²) in [5, 5.41) is 11.0. The summed E-state index contributed by atoms with van der Waals surface area (Å²) in [6, 6.07) is 15.9. The summed E-state index contributed by atoms with van der Waals surface area (Å²) in [6.07, 6.45) is 3.26. The Balaban J connectivity index is 1.86. The molecule has 1 N–H and O–H groups in total. The highest BCUT2D eigenvalue weighted by molar-refractivity contribution is 6.46. The topological polar surface area (TPSA) is 70.5 Å². The number of nitrogens with zero attached hydrogens (tertiary/aromatic N) is 2. The van der Waals surface area contributed by atoms with E-state index < -0.39 is 23.5 Å². The molecule has 6 heteroatoms. The van der Waals surface area contributed by atoms with Gasteiger partial charge in [-0.3, -0.25) is 14.6 Å². The number of likely N-dealkylation sites (tertiary alicyclic amines) is 1. The van der Waals surface area contributed by atoms with Crippen LogP contribution < -0.4 is 0 Å². The van der Waals surface area contributed by atoms with Crippen LogP contribution in [0.2, 0.25) is 0 Å². The number of aliphatic hydroxyl groups is 1. The zero-order chi connectivity index (χ0) is 21.3. The highest BCUT2D eigenvalue weighted by atomic mass is 19.1. The Labute approximate surface area is 173 Å². The van der Waals surface area contributed by atoms with E-state index in [9.17, 15) is 19.1 Å². The summed E-state index contributed by atoms with van der Waals surface area (Å²) in [5.41, 5.74) is 2.06. The standard InChI is InChI=1S/C24H19FN2O3/c1-15-12-18(9-10-19(15)25)22(28)20-21(17-7-3-2-4-8-17)27(24(30)23(20)29)14-16-6-5-11-26-13-16/h2-13,21,28H,14H2,1H3/b22-20-. The molecule has 1 aliphatic rings. The van der Waals surface area contributed by atoms with E-state index in [2.05, 4.69) is 4.98 Å². The number of benzene rings is 2. The van der Waals surface area contributed by atoms with Gasteiger partial charge < -0.3 is 10.0 Å². The van der Waals surface area contributed by atoms with Gasteiger partial charge in [0.15, 0.2) is 0 Å². The Morgan fingerprint density at radius 2 is 1.87 bits per heavy atom. The second kappa shape index (κ2) is 7.91. The number of hydrogen-bond acceptors (Lipinski definition) is 4. The molecule has 1 aromatic heterocycles. The molecule has 30 heavy (non-hydrogen) atoms. The van der Waals surface area contributed by atoms with Crippen molar-refractivity contribution in [2.45, 2.75) is 19.5 Å². The Hall–Kier alpha value is -3.80. The van der Waals surface area contributed by atoms with Crippen LogP contribution in [0.3, 0.4) is 0 Å². The second-order valence-corrected chi connectivity index (χ2v) is 7.16. The molecule has 0 radical (unpaired) electrons. The van der Waals surface area contributed by atoms with Crippen LogP contribution in [0, 0.1) is 12.7 Å². The zero-order valence-corrected chi connectivity index (χ0v) is 16.2. The largest absolute Gasteiger partial charge is 0.507 e. The van der Waals surface area contributed by atoms with Gasteiger partial charge >= 0.3 is 0 Å². The minimum Gasteiger partial charge on any atom is -0.507 e. The van der Waals surface area contributed by atoms with Crippen LogP contribution >= 0.6 is 0 Å². The fourth-order valence-electron chi connectivity index (χ4n) is 3.66. The third kappa shape index (κ3) is 3.48. The Morgan fingerprint density at radius 3 is 2.53 bits per heavy atom. The number of carbonyl (C=O) groups is 2. The smallest absolute Gasteiger partial charge is 0.295 e. The van der Waals surface area contributed by atoms with Gasteiger partial charge in [-0.15, -0.1) is 0 Å². The molecule has 5 nitrogen and oxygen atoms in total. The third-order valence-corrected chi connectivity index (χ3v) is 5.16. The van der Waals surface area contributed by atoms with Gasteiger partial charge in [0.25, 0.3) is 11.7 Å². The van der Waals surface area contributed by atoms with E-state index >= 15 is 0 Å². The Bertz CT molecular complexity index is 1140. The molecule has 2 aromatic carbocycles. The van der Waals surface area contributed by atoms with Crippen molar-refractivity contribution in [3.05, 3.63) is 107 Å². The normalized spacial score (nSPS) is 18.1. The molecule has 0 saturated carbocycles. The number of hydrogen-bond donors (Lipinski definition) is 1. The van der Waals surface area contributed by atoms with E-state index in [1.807, 2.05) is 24.3 Å². The zero-order valence-electron chi connectivity index (χ0n) is 16.2. The van der Waals surface area contributed by atoms with Crippen LogP contribution in [0.15, 0.2) is 78.6 Å². The summed E-state index contributed by atoms with van der Waals surface area (Å²) >= 11 is 0. The van der Waals surface area contributed by atoms with Crippen LogP contribution in [0.1, 0.15) is 28.3 Å². The molecule has 150 valence electrons. The molecule has 3 aromatic rings. The summed E-state index contributed by atoms with van der Waals surface area (Å²) in [7, 11) is 0. The molecule has 0 spiro atoms. The third-order valence-electron chi connectivity index (χ3n) is 5.16. The molecular weight excluding hydrogens is 383 g/mol. The first-order valence-electron chi connectivity index (χ1n) is 9.46. The van der Waals surface area contributed by atoms with Gasteiger partial charge in [0.05, 0.1) is 11.6 Å². The van der Waals surface area contributed by atoms with Crippen molar-refractivity contribution in [2.24, 2.45) is 0 Å². The molecule has 1 atom stereocenters. The minimum absolute atomic E-state index is 0.0129. The lowest BCUT2D eigenvalue weighted by molar-refractivity contribution is -0.140. The Morgan fingerprint density at radius 1 is 1.10 bits per heavy atom. The molecule has 1 amide bonds. The first-order chi connectivity index (χ1) is 14.5.